The molecule has 7 heteroatoms. The zero-order valence-corrected chi connectivity index (χ0v) is 11.9. The molecule has 0 fully saturated rings. The van der Waals surface area contributed by atoms with Gasteiger partial charge >= 0.3 is 7.82 Å². The van der Waals surface area contributed by atoms with E-state index in [1.807, 2.05) is 6.07 Å². The number of hydrogen-bond donors (Lipinski definition) is 4. The molecule has 0 atom stereocenters. The summed E-state index contributed by atoms with van der Waals surface area (Å²) in [6, 6.07) is 10.9. The van der Waals surface area contributed by atoms with Gasteiger partial charge in [-0.15, -0.1) is 0 Å². The van der Waals surface area contributed by atoms with E-state index in [-0.39, 0.29) is 17.2 Å². The summed E-state index contributed by atoms with van der Waals surface area (Å²) in [4.78, 5) is 17.8. The molecule has 2 aromatic carbocycles. The summed E-state index contributed by atoms with van der Waals surface area (Å²) < 4.78 is 15.5. The van der Waals surface area contributed by atoms with Crippen LogP contribution in [0, 0.1) is 0 Å². The first-order valence-electron chi connectivity index (χ1n) is 6.19. The molecule has 112 valence electrons. The van der Waals surface area contributed by atoms with Crippen molar-refractivity contribution in [1.29, 1.82) is 0 Å². The minimum Gasteiger partial charge on any atom is -0.508 e. The molecular formula is C14H15O6P. The summed E-state index contributed by atoms with van der Waals surface area (Å²) in [5, 5.41) is 19.2. The zero-order valence-electron chi connectivity index (χ0n) is 11.0. The highest BCUT2D eigenvalue weighted by Crippen LogP contribution is 2.41. The maximum atomic E-state index is 10.9. The monoisotopic (exact) mass is 310 g/mol. The average molecular weight is 310 g/mol. The average Bonchev–Trinajstić information content (AvgIpc) is 2.36. The molecule has 21 heavy (non-hydrogen) atoms. The largest absolute Gasteiger partial charge is 0.524 e. The van der Waals surface area contributed by atoms with Crippen LogP contribution in [0.3, 0.4) is 0 Å². The molecule has 0 radical (unpaired) electrons. The van der Waals surface area contributed by atoms with E-state index in [9.17, 15) is 14.8 Å². The Kier molecular flexibility index (Phi) is 4.53. The summed E-state index contributed by atoms with van der Waals surface area (Å²) in [5.41, 5.74) is 1.14. The van der Waals surface area contributed by atoms with Crippen LogP contribution in [-0.2, 0) is 17.4 Å². The van der Waals surface area contributed by atoms with Gasteiger partial charge in [-0.3, -0.25) is 9.79 Å². The van der Waals surface area contributed by atoms with Crippen LogP contribution in [0.15, 0.2) is 42.5 Å². The first-order chi connectivity index (χ1) is 9.85. The second-order valence-electron chi connectivity index (χ2n) is 4.51. The molecule has 0 saturated heterocycles. The number of benzene rings is 2. The topological polar surface area (TPSA) is 107 Å². The fourth-order valence-corrected chi connectivity index (χ4v) is 2.43. The number of aromatic hydroxyl groups is 2. The van der Waals surface area contributed by atoms with Crippen molar-refractivity contribution in [3.05, 3.63) is 53.6 Å². The highest BCUT2D eigenvalue weighted by molar-refractivity contribution is 7.46. The molecule has 0 unspecified atom stereocenters. The highest BCUT2D eigenvalue weighted by atomic mass is 31.2. The van der Waals surface area contributed by atoms with E-state index in [4.69, 9.17) is 9.79 Å². The lowest BCUT2D eigenvalue weighted by atomic mass is 10.0. The molecule has 6 nitrogen and oxygen atoms in total. The first kappa shape index (κ1) is 15.4. The lowest BCUT2D eigenvalue weighted by Gasteiger charge is -2.13. The molecule has 0 aliphatic rings. The van der Waals surface area contributed by atoms with Gasteiger partial charge in [-0.1, -0.05) is 18.2 Å². The lowest BCUT2D eigenvalue weighted by Crippen LogP contribution is -1.98. The van der Waals surface area contributed by atoms with E-state index < -0.39 is 7.82 Å². The van der Waals surface area contributed by atoms with Crippen LogP contribution in [0.1, 0.15) is 11.1 Å². The van der Waals surface area contributed by atoms with Gasteiger partial charge in [0.1, 0.15) is 17.2 Å². The van der Waals surface area contributed by atoms with Gasteiger partial charge in [0.05, 0.1) is 0 Å². The second-order valence-corrected chi connectivity index (χ2v) is 5.67. The van der Waals surface area contributed by atoms with Crippen LogP contribution >= 0.6 is 7.82 Å². The maximum Gasteiger partial charge on any atom is 0.524 e. The Bertz CT molecular complexity index is 679. The highest BCUT2D eigenvalue weighted by Gasteiger charge is 2.19. The number of aryl methyl sites for hydroxylation is 1. The van der Waals surface area contributed by atoms with Gasteiger partial charge in [0.15, 0.2) is 0 Å². The Morgan fingerprint density at radius 1 is 1.00 bits per heavy atom. The normalized spacial score (nSPS) is 11.3. The third kappa shape index (κ3) is 4.49. The molecule has 0 aliphatic heterocycles. The van der Waals surface area contributed by atoms with Crippen molar-refractivity contribution in [1.82, 2.24) is 0 Å². The lowest BCUT2D eigenvalue weighted by molar-refractivity contribution is 0.281. The van der Waals surface area contributed by atoms with Crippen molar-refractivity contribution in [2.45, 2.75) is 12.8 Å². The molecule has 2 rings (SSSR count). The standard InChI is InChI=1S/C14H15O6P/c15-11-4-1-3-10(9-11)7-8-12-13(16)5-2-6-14(12)20-21(17,18)19/h1-6,9,15-16H,7-8H2,(H2,17,18,19). The first-order valence-corrected chi connectivity index (χ1v) is 7.72. The molecule has 4 N–H and O–H groups in total. The Balaban J connectivity index is 2.21. The van der Waals surface area contributed by atoms with Crippen molar-refractivity contribution in [3.8, 4) is 17.2 Å². The zero-order chi connectivity index (χ0) is 15.5. The smallest absolute Gasteiger partial charge is 0.508 e. The summed E-state index contributed by atoms with van der Waals surface area (Å²) in [6.07, 6.45) is 0.787. The van der Waals surface area contributed by atoms with Crippen molar-refractivity contribution < 1.29 is 29.1 Å². The van der Waals surface area contributed by atoms with Gasteiger partial charge in [-0.05, 0) is 42.7 Å². The SMILES string of the molecule is O=P(O)(O)Oc1cccc(O)c1CCc1cccc(O)c1. The second kappa shape index (κ2) is 6.18. The van der Waals surface area contributed by atoms with Crippen LogP contribution in [0.2, 0.25) is 0 Å². The van der Waals surface area contributed by atoms with Crippen LogP contribution < -0.4 is 4.52 Å². The van der Waals surface area contributed by atoms with E-state index in [0.29, 0.717) is 18.4 Å². The van der Waals surface area contributed by atoms with Crippen LogP contribution in [0.5, 0.6) is 17.2 Å². The van der Waals surface area contributed by atoms with Crippen LogP contribution in [-0.4, -0.2) is 20.0 Å². The Morgan fingerprint density at radius 3 is 2.38 bits per heavy atom. The molecule has 0 bridgehead atoms. The number of phenols is 2. The molecule has 2 aromatic rings. The number of phenolic OH excluding ortho intramolecular Hbond substituents is 2. The molecule has 0 heterocycles. The molecular weight excluding hydrogens is 295 g/mol. The minimum atomic E-state index is -4.69. The number of phosphoric ester groups is 1. The summed E-state index contributed by atoms with van der Waals surface area (Å²) >= 11 is 0. The van der Waals surface area contributed by atoms with Gasteiger partial charge in [0.2, 0.25) is 0 Å². The van der Waals surface area contributed by atoms with Crippen LogP contribution in [0.25, 0.3) is 0 Å². The fourth-order valence-electron chi connectivity index (χ4n) is 2.00. The summed E-state index contributed by atoms with van der Waals surface area (Å²) in [7, 11) is -4.69. The molecule has 0 aromatic heterocycles. The van der Waals surface area contributed by atoms with Gasteiger partial charge in [-0.2, -0.15) is 0 Å². The fraction of sp³-hybridized carbons (Fsp3) is 0.143. The van der Waals surface area contributed by atoms with E-state index in [2.05, 4.69) is 4.52 Å². The Labute approximate surface area is 121 Å². The number of phosphoric acid groups is 1. The van der Waals surface area contributed by atoms with Gasteiger partial charge in [-0.25, -0.2) is 4.57 Å². The van der Waals surface area contributed by atoms with E-state index in [0.717, 1.165) is 5.56 Å². The maximum absolute atomic E-state index is 10.9. The van der Waals surface area contributed by atoms with Gasteiger partial charge in [0.25, 0.3) is 0 Å². The molecule has 0 saturated carbocycles. The van der Waals surface area contributed by atoms with Crippen molar-refractivity contribution >= 4 is 7.82 Å². The van der Waals surface area contributed by atoms with Crippen LogP contribution in [0.4, 0.5) is 0 Å². The predicted octanol–water partition coefficient (Wildman–Crippen LogP) is 2.35. The Morgan fingerprint density at radius 2 is 1.71 bits per heavy atom. The summed E-state index contributed by atoms with van der Waals surface area (Å²) in [6.45, 7) is 0. The molecule has 0 spiro atoms. The van der Waals surface area contributed by atoms with Crippen molar-refractivity contribution in [3.63, 3.8) is 0 Å². The minimum absolute atomic E-state index is 0.0523. The molecule has 0 aliphatic carbocycles. The summed E-state index contributed by atoms with van der Waals surface area (Å²) in [5.74, 6) is -0.0129. The van der Waals surface area contributed by atoms with E-state index in [1.54, 1.807) is 18.2 Å². The van der Waals surface area contributed by atoms with Gasteiger partial charge in [0, 0.05) is 5.56 Å². The van der Waals surface area contributed by atoms with Crippen molar-refractivity contribution in [2.24, 2.45) is 0 Å². The third-order valence-electron chi connectivity index (χ3n) is 2.90. The predicted molar refractivity (Wildman–Crippen MR) is 76.3 cm³/mol. The number of hydrogen-bond acceptors (Lipinski definition) is 4. The van der Waals surface area contributed by atoms with Crippen molar-refractivity contribution in [2.75, 3.05) is 0 Å². The third-order valence-corrected chi connectivity index (χ3v) is 3.33. The number of rotatable bonds is 5. The molecule has 0 amide bonds. The van der Waals surface area contributed by atoms with E-state index >= 15 is 0 Å². The van der Waals surface area contributed by atoms with Gasteiger partial charge < -0.3 is 14.7 Å². The Hall–Kier alpha value is -2.01. The van der Waals surface area contributed by atoms with E-state index in [1.165, 1.54) is 18.2 Å². The quantitative estimate of drug-likeness (QED) is 0.632.